The SMILES string of the molecule is Cc1nc2c(c(NCCNc3nccc(C(F)(F)F)n3)n1)CCCC2. The molecular formula is C16H19F3N6. The van der Waals surface area contributed by atoms with Gasteiger partial charge in [-0.05, 0) is 38.7 Å². The van der Waals surface area contributed by atoms with Crippen LogP contribution in [0.15, 0.2) is 12.3 Å². The molecule has 2 aromatic rings. The molecule has 1 aliphatic rings. The Morgan fingerprint density at radius 3 is 2.60 bits per heavy atom. The smallest absolute Gasteiger partial charge is 0.368 e. The Hall–Kier alpha value is -2.45. The Morgan fingerprint density at radius 1 is 1.04 bits per heavy atom. The van der Waals surface area contributed by atoms with Gasteiger partial charge >= 0.3 is 6.18 Å². The van der Waals surface area contributed by atoms with Crippen LogP contribution >= 0.6 is 0 Å². The lowest BCUT2D eigenvalue weighted by Gasteiger charge is -2.19. The number of rotatable bonds is 5. The number of hydrogen-bond acceptors (Lipinski definition) is 6. The van der Waals surface area contributed by atoms with E-state index in [0.717, 1.165) is 60.8 Å². The van der Waals surface area contributed by atoms with Crippen molar-refractivity contribution < 1.29 is 13.2 Å². The molecule has 9 heteroatoms. The van der Waals surface area contributed by atoms with E-state index in [0.29, 0.717) is 13.1 Å². The predicted molar refractivity (Wildman–Crippen MR) is 87.4 cm³/mol. The third kappa shape index (κ3) is 4.34. The lowest BCUT2D eigenvalue weighted by molar-refractivity contribution is -0.141. The number of aryl methyl sites for hydroxylation is 2. The van der Waals surface area contributed by atoms with Crippen LogP contribution in [0.2, 0.25) is 0 Å². The van der Waals surface area contributed by atoms with Crippen LogP contribution in [-0.4, -0.2) is 33.0 Å². The minimum Gasteiger partial charge on any atom is -0.368 e. The van der Waals surface area contributed by atoms with Crippen molar-refractivity contribution in [2.75, 3.05) is 23.7 Å². The molecule has 0 atom stereocenters. The van der Waals surface area contributed by atoms with E-state index in [2.05, 4.69) is 30.6 Å². The molecule has 0 unspecified atom stereocenters. The fourth-order valence-corrected chi connectivity index (χ4v) is 2.82. The minimum atomic E-state index is -4.48. The van der Waals surface area contributed by atoms with Gasteiger partial charge in [-0.3, -0.25) is 0 Å². The van der Waals surface area contributed by atoms with E-state index < -0.39 is 11.9 Å². The monoisotopic (exact) mass is 352 g/mol. The Labute approximate surface area is 143 Å². The van der Waals surface area contributed by atoms with Crippen molar-refractivity contribution in [2.45, 2.75) is 38.8 Å². The largest absolute Gasteiger partial charge is 0.433 e. The summed E-state index contributed by atoms with van der Waals surface area (Å²) in [5.41, 5.74) is 1.28. The number of fused-ring (bicyclic) bond motifs is 1. The average molecular weight is 352 g/mol. The molecule has 0 bridgehead atoms. The molecule has 0 amide bonds. The van der Waals surface area contributed by atoms with Gasteiger partial charge in [0, 0.05) is 30.5 Å². The number of halogens is 3. The molecule has 0 radical (unpaired) electrons. The van der Waals surface area contributed by atoms with E-state index in [1.54, 1.807) is 0 Å². The van der Waals surface area contributed by atoms with Crippen molar-refractivity contribution in [3.63, 3.8) is 0 Å². The highest BCUT2D eigenvalue weighted by molar-refractivity contribution is 5.48. The van der Waals surface area contributed by atoms with Crippen LogP contribution < -0.4 is 10.6 Å². The maximum atomic E-state index is 12.6. The number of nitrogens with one attached hydrogen (secondary N) is 2. The van der Waals surface area contributed by atoms with Crippen molar-refractivity contribution in [1.29, 1.82) is 0 Å². The van der Waals surface area contributed by atoms with Crippen LogP contribution in [0.4, 0.5) is 24.9 Å². The summed E-state index contributed by atoms with van der Waals surface area (Å²) < 4.78 is 37.9. The van der Waals surface area contributed by atoms with Crippen molar-refractivity contribution in [1.82, 2.24) is 19.9 Å². The zero-order chi connectivity index (χ0) is 17.9. The van der Waals surface area contributed by atoms with Crippen molar-refractivity contribution >= 4 is 11.8 Å². The van der Waals surface area contributed by atoms with E-state index in [1.165, 1.54) is 0 Å². The first-order valence-corrected chi connectivity index (χ1v) is 8.18. The van der Waals surface area contributed by atoms with Gasteiger partial charge < -0.3 is 10.6 Å². The molecule has 1 aliphatic carbocycles. The Bertz CT molecular complexity index is 747. The fourth-order valence-electron chi connectivity index (χ4n) is 2.82. The molecule has 25 heavy (non-hydrogen) atoms. The summed E-state index contributed by atoms with van der Waals surface area (Å²) >= 11 is 0. The molecule has 2 heterocycles. The van der Waals surface area contributed by atoms with Crippen molar-refractivity contribution in [2.24, 2.45) is 0 Å². The van der Waals surface area contributed by atoms with E-state index in [4.69, 9.17) is 0 Å². The molecule has 0 aliphatic heterocycles. The molecule has 0 saturated carbocycles. The van der Waals surface area contributed by atoms with Gasteiger partial charge in [0.1, 0.15) is 17.3 Å². The third-order valence-corrected chi connectivity index (χ3v) is 3.94. The van der Waals surface area contributed by atoms with E-state index in [9.17, 15) is 13.2 Å². The van der Waals surface area contributed by atoms with Gasteiger partial charge in [0.25, 0.3) is 0 Å². The van der Waals surface area contributed by atoms with Crippen LogP contribution in [-0.2, 0) is 19.0 Å². The second-order valence-electron chi connectivity index (χ2n) is 5.87. The first-order valence-electron chi connectivity index (χ1n) is 8.18. The first kappa shape index (κ1) is 17.4. The maximum Gasteiger partial charge on any atom is 0.433 e. The second-order valence-corrected chi connectivity index (χ2v) is 5.87. The van der Waals surface area contributed by atoms with E-state index in [-0.39, 0.29) is 5.95 Å². The average Bonchev–Trinajstić information content (AvgIpc) is 2.58. The van der Waals surface area contributed by atoms with Gasteiger partial charge in [-0.15, -0.1) is 0 Å². The maximum absolute atomic E-state index is 12.6. The topological polar surface area (TPSA) is 75.6 Å². The van der Waals surface area contributed by atoms with Crippen LogP contribution in [0.3, 0.4) is 0 Å². The van der Waals surface area contributed by atoms with Gasteiger partial charge in [0.05, 0.1) is 0 Å². The molecule has 0 aromatic carbocycles. The number of aromatic nitrogens is 4. The Morgan fingerprint density at radius 2 is 1.80 bits per heavy atom. The highest BCUT2D eigenvalue weighted by Crippen LogP contribution is 2.27. The highest BCUT2D eigenvalue weighted by atomic mass is 19.4. The van der Waals surface area contributed by atoms with Crippen LogP contribution in [0, 0.1) is 6.92 Å². The molecule has 3 rings (SSSR count). The van der Waals surface area contributed by atoms with E-state index >= 15 is 0 Å². The molecule has 0 fully saturated rings. The number of nitrogens with zero attached hydrogens (tertiary/aromatic N) is 4. The summed E-state index contributed by atoms with van der Waals surface area (Å²) in [6, 6.07) is 0.847. The van der Waals surface area contributed by atoms with Gasteiger partial charge in [0.2, 0.25) is 5.95 Å². The van der Waals surface area contributed by atoms with Crippen LogP contribution in [0.25, 0.3) is 0 Å². The normalized spacial score (nSPS) is 14.1. The van der Waals surface area contributed by atoms with Gasteiger partial charge in [-0.2, -0.15) is 13.2 Å². The first-order chi connectivity index (χ1) is 11.9. The quantitative estimate of drug-likeness (QED) is 0.806. The Balaban J connectivity index is 1.58. The lowest BCUT2D eigenvalue weighted by atomic mass is 9.96. The molecule has 2 aromatic heterocycles. The summed E-state index contributed by atoms with van der Waals surface area (Å²) in [5, 5.41) is 6.03. The van der Waals surface area contributed by atoms with Crippen molar-refractivity contribution in [3.05, 3.63) is 35.0 Å². The van der Waals surface area contributed by atoms with Gasteiger partial charge in [-0.1, -0.05) is 0 Å². The molecule has 0 spiro atoms. The van der Waals surface area contributed by atoms with Crippen molar-refractivity contribution in [3.8, 4) is 0 Å². The summed E-state index contributed by atoms with van der Waals surface area (Å²) in [6.45, 7) is 2.72. The van der Waals surface area contributed by atoms with Crippen LogP contribution in [0.1, 0.15) is 35.6 Å². The van der Waals surface area contributed by atoms with Crippen LogP contribution in [0.5, 0.6) is 0 Å². The fraction of sp³-hybridized carbons (Fsp3) is 0.500. The molecule has 6 nitrogen and oxygen atoms in total. The second kappa shape index (κ2) is 7.20. The highest BCUT2D eigenvalue weighted by Gasteiger charge is 2.32. The number of alkyl halides is 3. The lowest BCUT2D eigenvalue weighted by Crippen LogP contribution is -2.19. The molecule has 2 N–H and O–H groups in total. The molecule has 0 saturated heterocycles. The predicted octanol–water partition coefficient (Wildman–Crippen LogP) is 3.00. The summed E-state index contributed by atoms with van der Waals surface area (Å²) in [6.07, 6.45) is 0.776. The molecular weight excluding hydrogens is 333 g/mol. The zero-order valence-electron chi connectivity index (χ0n) is 13.8. The summed E-state index contributed by atoms with van der Waals surface area (Å²) in [7, 11) is 0. The van der Waals surface area contributed by atoms with Gasteiger partial charge in [0.15, 0.2) is 0 Å². The minimum absolute atomic E-state index is 0.0440. The summed E-state index contributed by atoms with van der Waals surface area (Å²) in [5.74, 6) is 1.49. The Kier molecular flexibility index (Phi) is 5.00. The molecule has 134 valence electrons. The standard InChI is InChI=1S/C16H19F3N6/c1-10-23-12-5-3-2-4-11(12)14(24-10)20-8-9-22-15-21-7-6-13(25-15)16(17,18)19/h6-7H,2-5,8-9H2,1H3,(H,20,23,24)(H,21,22,25). The number of hydrogen-bond donors (Lipinski definition) is 2. The summed E-state index contributed by atoms with van der Waals surface area (Å²) in [4.78, 5) is 16.2. The zero-order valence-corrected chi connectivity index (χ0v) is 13.8. The van der Waals surface area contributed by atoms with E-state index in [1.807, 2.05) is 6.92 Å². The third-order valence-electron chi connectivity index (χ3n) is 3.94. The van der Waals surface area contributed by atoms with Gasteiger partial charge in [-0.25, -0.2) is 19.9 Å². The number of anilines is 2.